The lowest BCUT2D eigenvalue weighted by molar-refractivity contribution is 0.407. The molecule has 4 nitrogen and oxygen atoms in total. The topological polar surface area (TPSA) is 58.2 Å². The number of unbranched alkanes of at least 4 members (excludes halogenated alkanes) is 1. The summed E-state index contributed by atoms with van der Waals surface area (Å²) < 4.78 is 25.8. The molecule has 0 aromatic rings. The molecule has 0 aliphatic carbocycles. The summed E-state index contributed by atoms with van der Waals surface area (Å²) in [6.45, 7) is 10.4. The third kappa shape index (κ3) is 10.4. The molecule has 0 aliphatic heterocycles. The molecule has 0 saturated carbocycles. The summed E-state index contributed by atoms with van der Waals surface area (Å²) in [6.07, 6.45) is 1.62. The maximum Gasteiger partial charge on any atom is 0.211 e. The van der Waals surface area contributed by atoms with Crippen molar-refractivity contribution in [2.45, 2.75) is 40.5 Å². The maximum absolute atomic E-state index is 11.6. The van der Waals surface area contributed by atoms with Crippen LogP contribution in [0.25, 0.3) is 0 Å². The molecule has 0 amide bonds. The van der Waals surface area contributed by atoms with Crippen LogP contribution in [0.15, 0.2) is 0 Å². The molecule has 0 spiro atoms. The predicted octanol–water partition coefficient (Wildman–Crippen LogP) is 1.34. The Hall–Kier alpha value is -0.130. The lowest BCUT2D eigenvalue weighted by Crippen LogP contribution is -2.34. The van der Waals surface area contributed by atoms with Crippen molar-refractivity contribution in [3.63, 3.8) is 0 Å². The Morgan fingerprint density at radius 3 is 2.25 bits per heavy atom. The first-order valence-corrected chi connectivity index (χ1v) is 7.60. The highest BCUT2D eigenvalue weighted by atomic mass is 32.2. The third-order valence-electron chi connectivity index (χ3n) is 2.09. The maximum atomic E-state index is 11.6. The molecular weight excluding hydrogens is 224 g/mol. The van der Waals surface area contributed by atoms with Gasteiger partial charge in [0.25, 0.3) is 0 Å². The van der Waals surface area contributed by atoms with Crippen molar-refractivity contribution in [1.82, 2.24) is 10.0 Å². The average Bonchev–Trinajstić information content (AvgIpc) is 2.14. The Morgan fingerprint density at radius 2 is 1.75 bits per heavy atom. The Bertz CT molecular complexity index is 268. The normalized spacial score (nSPS) is 13.0. The Kier molecular flexibility index (Phi) is 7.19. The van der Waals surface area contributed by atoms with E-state index < -0.39 is 10.0 Å². The van der Waals surface area contributed by atoms with E-state index in [1.165, 1.54) is 0 Å². The number of rotatable bonds is 8. The first kappa shape index (κ1) is 15.9. The van der Waals surface area contributed by atoms with E-state index in [1.54, 1.807) is 0 Å². The highest BCUT2D eigenvalue weighted by Gasteiger charge is 2.15. The fourth-order valence-corrected chi connectivity index (χ4v) is 2.50. The van der Waals surface area contributed by atoms with Gasteiger partial charge in [-0.05, 0) is 31.3 Å². The lowest BCUT2D eigenvalue weighted by Gasteiger charge is -2.18. The summed E-state index contributed by atoms with van der Waals surface area (Å²) in [5.74, 6) is 0.231. The van der Waals surface area contributed by atoms with Crippen LogP contribution >= 0.6 is 0 Å². The van der Waals surface area contributed by atoms with Gasteiger partial charge in [0, 0.05) is 6.54 Å². The van der Waals surface area contributed by atoms with Gasteiger partial charge in [0.2, 0.25) is 10.0 Å². The number of sulfonamides is 1. The van der Waals surface area contributed by atoms with E-state index >= 15 is 0 Å². The molecule has 5 heteroatoms. The van der Waals surface area contributed by atoms with Crippen LogP contribution in [0.1, 0.15) is 40.5 Å². The fourth-order valence-electron chi connectivity index (χ4n) is 1.12. The number of hydrogen-bond acceptors (Lipinski definition) is 3. The summed E-state index contributed by atoms with van der Waals surface area (Å²) in [5, 5.41) is 3.18. The Morgan fingerprint density at radius 1 is 1.12 bits per heavy atom. The molecule has 0 heterocycles. The van der Waals surface area contributed by atoms with Crippen LogP contribution in [-0.4, -0.2) is 33.8 Å². The van der Waals surface area contributed by atoms with E-state index in [2.05, 4.69) is 10.0 Å². The largest absolute Gasteiger partial charge is 0.317 e. The quantitative estimate of drug-likeness (QED) is 0.639. The zero-order chi connectivity index (χ0) is 12.7. The van der Waals surface area contributed by atoms with E-state index in [1.807, 2.05) is 27.7 Å². The monoisotopic (exact) mass is 250 g/mol. The van der Waals surface area contributed by atoms with Crippen LogP contribution in [0.5, 0.6) is 0 Å². The van der Waals surface area contributed by atoms with E-state index in [-0.39, 0.29) is 11.2 Å². The van der Waals surface area contributed by atoms with Crippen LogP contribution in [0.3, 0.4) is 0 Å². The molecule has 98 valence electrons. The molecular formula is C11H26N2O2S. The summed E-state index contributed by atoms with van der Waals surface area (Å²) >= 11 is 0. The first-order valence-electron chi connectivity index (χ1n) is 5.95. The SMILES string of the molecule is CCNCCCCS(=O)(=O)NCC(C)(C)C. The van der Waals surface area contributed by atoms with Gasteiger partial charge in [0.1, 0.15) is 0 Å². The fraction of sp³-hybridized carbons (Fsp3) is 1.00. The van der Waals surface area contributed by atoms with Crippen molar-refractivity contribution in [3.05, 3.63) is 0 Å². The minimum Gasteiger partial charge on any atom is -0.317 e. The second kappa shape index (κ2) is 7.25. The predicted molar refractivity (Wildman–Crippen MR) is 69.0 cm³/mol. The second-order valence-corrected chi connectivity index (χ2v) is 7.19. The smallest absolute Gasteiger partial charge is 0.211 e. The van der Waals surface area contributed by atoms with Gasteiger partial charge in [-0.1, -0.05) is 27.7 Å². The first-order chi connectivity index (χ1) is 7.27. The van der Waals surface area contributed by atoms with Crippen molar-refractivity contribution in [3.8, 4) is 0 Å². The molecule has 16 heavy (non-hydrogen) atoms. The van der Waals surface area contributed by atoms with Gasteiger partial charge in [0.05, 0.1) is 5.75 Å². The minimum atomic E-state index is -3.08. The summed E-state index contributed by atoms with van der Waals surface area (Å²) in [5.41, 5.74) is -0.00314. The van der Waals surface area contributed by atoms with Crippen molar-refractivity contribution in [1.29, 1.82) is 0 Å². The number of hydrogen-bond donors (Lipinski definition) is 2. The van der Waals surface area contributed by atoms with Gasteiger partial charge in [-0.3, -0.25) is 0 Å². The molecule has 0 aromatic heterocycles. The highest BCUT2D eigenvalue weighted by molar-refractivity contribution is 7.89. The van der Waals surface area contributed by atoms with Gasteiger partial charge in [-0.25, -0.2) is 13.1 Å². The van der Waals surface area contributed by atoms with Gasteiger partial charge in [-0.2, -0.15) is 0 Å². The van der Waals surface area contributed by atoms with Crippen LogP contribution in [0.4, 0.5) is 0 Å². The van der Waals surface area contributed by atoms with Gasteiger partial charge >= 0.3 is 0 Å². The molecule has 0 radical (unpaired) electrons. The second-order valence-electron chi connectivity index (χ2n) is 5.26. The molecule has 0 saturated heterocycles. The minimum absolute atomic E-state index is 0.00314. The summed E-state index contributed by atoms with van der Waals surface area (Å²) in [7, 11) is -3.08. The van der Waals surface area contributed by atoms with Gasteiger partial charge in [-0.15, -0.1) is 0 Å². The molecule has 2 N–H and O–H groups in total. The molecule has 0 atom stereocenters. The third-order valence-corrected chi connectivity index (χ3v) is 3.50. The van der Waals surface area contributed by atoms with Crippen molar-refractivity contribution in [2.24, 2.45) is 5.41 Å². The van der Waals surface area contributed by atoms with E-state index in [9.17, 15) is 8.42 Å². The molecule has 0 rings (SSSR count). The molecule has 0 bridgehead atoms. The standard InChI is InChI=1S/C11H26N2O2S/c1-5-12-8-6-7-9-16(14,15)13-10-11(2,3)4/h12-13H,5-10H2,1-4H3. The molecule has 0 fully saturated rings. The Balaban J connectivity index is 3.71. The van der Waals surface area contributed by atoms with Crippen LogP contribution in [0.2, 0.25) is 0 Å². The number of nitrogens with one attached hydrogen (secondary N) is 2. The van der Waals surface area contributed by atoms with E-state index in [0.717, 1.165) is 19.5 Å². The zero-order valence-corrected chi connectivity index (χ0v) is 11.8. The molecule has 0 aliphatic rings. The van der Waals surface area contributed by atoms with Crippen molar-refractivity contribution >= 4 is 10.0 Å². The summed E-state index contributed by atoms with van der Waals surface area (Å²) in [6, 6.07) is 0. The van der Waals surface area contributed by atoms with Gasteiger partial charge < -0.3 is 5.32 Å². The van der Waals surface area contributed by atoms with E-state index in [0.29, 0.717) is 13.0 Å². The molecule has 0 unspecified atom stereocenters. The average molecular weight is 250 g/mol. The van der Waals surface area contributed by atoms with Gasteiger partial charge in [0.15, 0.2) is 0 Å². The lowest BCUT2D eigenvalue weighted by atomic mass is 9.98. The zero-order valence-electron chi connectivity index (χ0n) is 11.0. The van der Waals surface area contributed by atoms with Crippen molar-refractivity contribution in [2.75, 3.05) is 25.4 Å². The summed E-state index contributed by atoms with van der Waals surface area (Å²) in [4.78, 5) is 0. The van der Waals surface area contributed by atoms with E-state index in [4.69, 9.17) is 0 Å². The van der Waals surface area contributed by atoms with Crippen LogP contribution in [0, 0.1) is 5.41 Å². The highest BCUT2D eigenvalue weighted by Crippen LogP contribution is 2.11. The Labute approximate surface area is 100 Å². The van der Waals surface area contributed by atoms with Crippen LogP contribution < -0.4 is 10.0 Å². The molecule has 0 aromatic carbocycles. The van der Waals surface area contributed by atoms with Crippen molar-refractivity contribution < 1.29 is 8.42 Å². The van der Waals surface area contributed by atoms with Crippen LogP contribution in [-0.2, 0) is 10.0 Å².